The second-order valence-corrected chi connectivity index (χ2v) is 5.70. The van der Waals surface area contributed by atoms with Crippen LogP contribution >= 0.6 is 0 Å². The third-order valence-corrected chi connectivity index (χ3v) is 4.17. The monoisotopic (exact) mass is 324 g/mol. The number of benzene rings is 2. The second kappa shape index (κ2) is 7.17. The van der Waals surface area contributed by atoms with Gasteiger partial charge in [0.25, 0.3) is 0 Å². The van der Waals surface area contributed by atoms with Crippen LogP contribution in [0.25, 0.3) is 0 Å². The minimum absolute atomic E-state index is 0.00300. The Hall–Kier alpha value is -2.82. The number of amides is 1. The zero-order chi connectivity index (χ0) is 16.9. The number of rotatable bonds is 6. The van der Waals surface area contributed by atoms with Crippen LogP contribution in [-0.2, 0) is 4.79 Å². The minimum atomic E-state index is -0.0537. The van der Waals surface area contributed by atoms with E-state index in [9.17, 15) is 4.79 Å². The highest BCUT2D eigenvalue weighted by atomic mass is 16.5. The van der Waals surface area contributed by atoms with E-state index in [1.807, 2.05) is 24.3 Å². The molecule has 3 rings (SSSR count). The lowest BCUT2D eigenvalue weighted by atomic mass is 10.1. The third-order valence-electron chi connectivity index (χ3n) is 4.17. The van der Waals surface area contributed by atoms with Crippen molar-refractivity contribution in [2.24, 2.45) is 11.0 Å². The standard InChI is InChI=1S/C19H20N2O3/c1-23-15-8-9-18(24-2)14(10-15)12-20-21-19(22)17-11-16(17)13-6-4-3-5-7-13/h3-10,12,16-17H,11H2,1-2H3,(H,21,22)/b20-12-/t16-,17+/m0/s1. The summed E-state index contributed by atoms with van der Waals surface area (Å²) < 4.78 is 10.5. The highest BCUT2D eigenvalue weighted by Crippen LogP contribution is 2.47. The van der Waals surface area contributed by atoms with Crippen molar-refractivity contribution in [3.05, 3.63) is 59.7 Å². The molecule has 5 heteroatoms. The Labute approximate surface area is 141 Å². The zero-order valence-electron chi connectivity index (χ0n) is 13.7. The highest BCUT2D eigenvalue weighted by molar-refractivity contribution is 5.87. The predicted molar refractivity (Wildman–Crippen MR) is 92.6 cm³/mol. The van der Waals surface area contributed by atoms with E-state index in [0.29, 0.717) is 17.4 Å². The quantitative estimate of drug-likeness (QED) is 0.656. The van der Waals surface area contributed by atoms with Gasteiger partial charge in [-0.3, -0.25) is 4.79 Å². The van der Waals surface area contributed by atoms with Crippen molar-refractivity contribution in [1.29, 1.82) is 0 Å². The Balaban J connectivity index is 1.60. The molecule has 2 aromatic rings. The van der Waals surface area contributed by atoms with Gasteiger partial charge in [0.05, 0.1) is 20.4 Å². The molecular formula is C19H20N2O3. The molecule has 124 valence electrons. The summed E-state index contributed by atoms with van der Waals surface area (Å²) in [5, 5.41) is 4.05. The Kier molecular flexibility index (Phi) is 4.79. The molecule has 0 heterocycles. The van der Waals surface area contributed by atoms with Crippen molar-refractivity contribution in [3.63, 3.8) is 0 Å². The number of carbonyl (C=O) groups excluding carboxylic acids is 1. The zero-order valence-corrected chi connectivity index (χ0v) is 13.7. The molecule has 0 saturated heterocycles. The first-order valence-corrected chi connectivity index (χ1v) is 7.83. The largest absolute Gasteiger partial charge is 0.497 e. The summed E-state index contributed by atoms with van der Waals surface area (Å²) in [4.78, 5) is 12.2. The number of methoxy groups -OCH3 is 2. The van der Waals surface area contributed by atoms with E-state index in [1.54, 1.807) is 32.6 Å². The number of nitrogens with zero attached hydrogens (tertiary/aromatic N) is 1. The van der Waals surface area contributed by atoms with Crippen LogP contribution in [0.1, 0.15) is 23.5 Å². The molecule has 1 saturated carbocycles. The average Bonchev–Trinajstić information content (AvgIpc) is 3.43. The molecule has 1 amide bonds. The lowest BCUT2D eigenvalue weighted by molar-refractivity contribution is -0.122. The summed E-state index contributed by atoms with van der Waals surface area (Å²) in [5.74, 6) is 1.61. The fraction of sp³-hybridized carbons (Fsp3) is 0.263. The van der Waals surface area contributed by atoms with E-state index in [2.05, 4.69) is 22.7 Å². The molecule has 0 aliphatic heterocycles. The summed E-state index contributed by atoms with van der Waals surface area (Å²) in [6, 6.07) is 15.5. The van der Waals surface area contributed by atoms with Gasteiger partial charge in [0.1, 0.15) is 11.5 Å². The highest BCUT2D eigenvalue weighted by Gasteiger charge is 2.43. The van der Waals surface area contributed by atoms with E-state index in [-0.39, 0.29) is 11.8 Å². The number of carbonyl (C=O) groups is 1. The maximum absolute atomic E-state index is 12.2. The lowest BCUT2D eigenvalue weighted by Gasteiger charge is -2.06. The van der Waals surface area contributed by atoms with Gasteiger partial charge in [0.2, 0.25) is 5.91 Å². The predicted octanol–water partition coefficient (Wildman–Crippen LogP) is 2.96. The van der Waals surface area contributed by atoms with Gasteiger partial charge in [-0.25, -0.2) is 5.43 Å². The molecule has 5 nitrogen and oxygen atoms in total. The van der Waals surface area contributed by atoms with Gasteiger partial charge in [-0.2, -0.15) is 5.10 Å². The number of nitrogens with one attached hydrogen (secondary N) is 1. The third kappa shape index (κ3) is 3.56. The van der Waals surface area contributed by atoms with E-state index in [0.717, 1.165) is 12.0 Å². The molecule has 0 aromatic heterocycles. The van der Waals surface area contributed by atoms with Gasteiger partial charge in [0, 0.05) is 11.5 Å². The number of hydrazone groups is 1. The van der Waals surface area contributed by atoms with Crippen LogP contribution in [0.3, 0.4) is 0 Å². The van der Waals surface area contributed by atoms with Crippen molar-refractivity contribution in [1.82, 2.24) is 5.43 Å². The molecule has 2 atom stereocenters. The molecule has 0 spiro atoms. The Morgan fingerprint density at radius 1 is 1.17 bits per heavy atom. The fourth-order valence-electron chi connectivity index (χ4n) is 2.74. The summed E-state index contributed by atoms with van der Waals surface area (Å²) in [5.41, 5.74) is 4.56. The van der Waals surface area contributed by atoms with Crippen molar-refractivity contribution in [2.45, 2.75) is 12.3 Å². The topological polar surface area (TPSA) is 59.9 Å². The van der Waals surface area contributed by atoms with Crippen molar-refractivity contribution in [3.8, 4) is 11.5 Å². The van der Waals surface area contributed by atoms with Gasteiger partial charge in [0.15, 0.2) is 0 Å². The van der Waals surface area contributed by atoms with E-state index >= 15 is 0 Å². The first-order chi connectivity index (χ1) is 11.7. The van der Waals surface area contributed by atoms with Crippen LogP contribution in [0.2, 0.25) is 0 Å². The summed E-state index contributed by atoms with van der Waals surface area (Å²) in [6.07, 6.45) is 2.44. The SMILES string of the molecule is COc1ccc(OC)c(/C=N\NC(=O)[C@@H]2C[C@H]2c2ccccc2)c1. The van der Waals surface area contributed by atoms with Gasteiger partial charge >= 0.3 is 0 Å². The molecule has 1 aliphatic carbocycles. The molecular weight excluding hydrogens is 304 g/mol. The first-order valence-electron chi connectivity index (χ1n) is 7.83. The molecule has 2 aromatic carbocycles. The van der Waals surface area contributed by atoms with Crippen LogP contribution in [-0.4, -0.2) is 26.3 Å². The van der Waals surface area contributed by atoms with Crippen molar-refractivity contribution < 1.29 is 14.3 Å². The summed E-state index contributed by atoms with van der Waals surface area (Å²) in [6.45, 7) is 0. The van der Waals surface area contributed by atoms with E-state index in [1.165, 1.54) is 5.56 Å². The number of hydrogen-bond acceptors (Lipinski definition) is 4. The Morgan fingerprint density at radius 3 is 2.67 bits per heavy atom. The maximum atomic E-state index is 12.2. The second-order valence-electron chi connectivity index (χ2n) is 5.70. The summed E-state index contributed by atoms with van der Waals surface area (Å²) >= 11 is 0. The van der Waals surface area contributed by atoms with Gasteiger partial charge < -0.3 is 9.47 Å². The maximum Gasteiger partial charge on any atom is 0.243 e. The van der Waals surface area contributed by atoms with Crippen molar-refractivity contribution in [2.75, 3.05) is 14.2 Å². The molecule has 0 radical (unpaired) electrons. The normalized spacial score (nSPS) is 19.1. The smallest absolute Gasteiger partial charge is 0.243 e. The summed E-state index contributed by atoms with van der Waals surface area (Å²) in [7, 11) is 3.19. The average molecular weight is 324 g/mol. The fourth-order valence-corrected chi connectivity index (χ4v) is 2.74. The molecule has 0 bridgehead atoms. The Morgan fingerprint density at radius 2 is 1.96 bits per heavy atom. The van der Waals surface area contributed by atoms with Crippen LogP contribution < -0.4 is 14.9 Å². The molecule has 1 aliphatic rings. The van der Waals surface area contributed by atoms with Crippen molar-refractivity contribution >= 4 is 12.1 Å². The number of hydrogen-bond donors (Lipinski definition) is 1. The van der Waals surface area contributed by atoms with Gasteiger partial charge in [-0.1, -0.05) is 30.3 Å². The molecule has 1 N–H and O–H groups in total. The van der Waals surface area contributed by atoms with Crippen LogP contribution in [0, 0.1) is 5.92 Å². The van der Waals surface area contributed by atoms with Crippen LogP contribution in [0.5, 0.6) is 11.5 Å². The van der Waals surface area contributed by atoms with E-state index in [4.69, 9.17) is 9.47 Å². The van der Waals surface area contributed by atoms with Gasteiger partial charge in [-0.15, -0.1) is 0 Å². The van der Waals surface area contributed by atoms with Crippen LogP contribution in [0.4, 0.5) is 0 Å². The lowest BCUT2D eigenvalue weighted by Crippen LogP contribution is -2.20. The number of ether oxygens (including phenoxy) is 2. The Bertz CT molecular complexity index is 744. The van der Waals surface area contributed by atoms with Gasteiger partial charge in [-0.05, 0) is 36.1 Å². The van der Waals surface area contributed by atoms with E-state index < -0.39 is 0 Å². The van der Waals surface area contributed by atoms with Crippen LogP contribution in [0.15, 0.2) is 53.6 Å². The molecule has 0 unspecified atom stereocenters. The minimum Gasteiger partial charge on any atom is -0.497 e. The first kappa shape index (κ1) is 16.1. The molecule has 1 fully saturated rings. The molecule has 24 heavy (non-hydrogen) atoms.